The van der Waals surface area contributed by atoms with Crippen molar-refractivity contribution in [3.05, 3.63) is 95.8 Å². The van der Waals surface area contributed by atoms with Crippen molar-refractivity contribution in [3.8, 4) is 33.8 Å². The van der Waals surface area contributed by atoms with Crippen LogP contribution in [0.4, 0.5) is 4.39 Å². The number of hydrogen-bond acceptors (Lipinski definition) is 6. The molecule has 0 aliphatic heterocycles. The van der Waals surface area contributed by atoms with Crippen LogP contribution >= 0.6 is 0 Å². The Bertz CT molecular complexity index is 1310. The van der Waals surface area contributed by atoms with Crippen molar-refractivity contribution in [1.29, 1.82) is 0 Å². The number of rotatable bonds is 10. The highest BCUT2D eigenvalue weighted by molar-refractivity contribution is 5.89. The molecular formula is C30H29FO6. The molecule has 192 valence electrons. The van der Waals surface area contributed by atoms with Gasteiger partial charge in [-0.25, -0.2) is 14.0 Å². The third-order valence-corrected chi connectivity index (χ3v) is 5.42. The predicted octanol–water partition coefficient (Wildman–Crippen LogP) is 6.42. The Kier molecular flexibility index (Phi) is 9.11. The SMILES string of the molecule is C=C(C)C(=O)Oc1ccc(-c2ccc(-c3cc(COC)c(OC(=O)C(=C)C)c(COC)c3)cc2)cc1F. The molecule has 0 N–H and O–H groups in total. The number of carbonyl (C=O) groups excluding carboxylic acids is 2. The predicted molar refractivity (Wildman–Crippen MR) is 140 cm³/mol. The maximum atomic E-state index is 14.5. The number of methoxy groups -OCH3 is 2. The van der Waals surface area contributed by atoms with Gasteiger partial charge < -0.3 is 18.9 Å². The highest BCUT2D eigenvalue weighted by Crippen LogP contribution is 2.34. The zero-order valence-corrected chi connectivity index (χ0v) is 21.4. The Balaban J connectivity index is 1.94. The summed E-state index contributed by atoms with van der Waals surface area (Å²) < 4.78 is 35.8. The zero-order valence-electron chi connectivity index (χ0n) is 21.4. The lowest BCUT2D eigenvalue weighted by Crippen LogP contribution is -2.12. The number of carbonyl (C=O) groups is 2. The van der Waals surface area contributed by atoms with Crippen molar-refractivity contribution in [2.24, 2.45) is 0 Å². The number of ether oxygens (including phenoxy) is 4. The lowest BCUT2D eigenvalue weighted by Gasteiger charge is -2.17. The monoisotopic (exact) mass is 504 g/mol. The molecule has 0 saturated carbocycles. The molecular weight excluding hydrogens is 475 g/mol. The molecule has 0 atom stereocenters. The highest BCUT2D eigenvalue weighted by atomic mass is 19.1. The van der Waals surface area contributed by atoms with Gasteiger partial charge in [0.1, 0.15) is 5.75 Å². The van der Waals surface area contributed by atoms with Crippen LogP contribution in [0.15, 0.2) is 78.9 Å². The minimum absolute atomic E-state index is 0.155. The normalized spacial score (nSPS) is 10.6. The third-order valence-electron chi connectivity index (χ3n) is 5.42. The van der Waals surface area contributed by atoms with E-state index < -0.39 is 17.8 Å². The number of esters is 2. The van der Waals surface area contributed by atoms with E-state index in [0.29, 0.717) is 22.4 Å². The zero-order chi connectivity index (χ0) is 27.1. The minimum Gasteiger partial charge on any atom is -0.422 e. The smallest absolute Gasteiger partial charge is 0.338 e. The lowest BCUT2D eigenvalue weighted by atomic mass is 9.96. The molecule has 0 unspecified atom stereocenters. The van der Waals surface area contributed by atoms with E-state index in [1.54, 1.807) is 27.2 Å². The maximum absolute atomic E-state index is 14.5. The van der Waals surface area contributed by atoms with Crippen LogP contribution in [0.1, 0.15) is 25.0 Å². The van der Waals surface area contributed by atoms with Gasteiger partial charge in [0.25, 0.3) is 0 Å². The van der Waals surface area contributed by atoms with Crippen molar-refractivity contribution in [1.82, 2.24) is 0 Å². The summed E-state index contributed by atoms with van der Waals surface area (Å²) >= 11 is 0. The molecule has 3 aromatic rings. The molecule has 0 aliphatic carbocycles. The second-order valence-corrected chi connectivity index (χ2v) is 8.55. The van der Waals surface area contributed by atoms with Crippen LogP contribution in [0.3, 0.4) is 0 Å². The quantitative estimate of drug-likeness (QED) is 0.180. The van der Waals surface area contributed by atoms with Gasteiger partial charge >= 0.3 is 11.9 Å². The van der Waals surface area contributed by atoms with E-state index in [1.165, 1.54) is 19.1 Å². The second kappa shape index (κ2) is 12.3. The van der Waals surface area contributed by atoms with E-state index in [1.807, 2.05) is 36.4 Å². The summed E-state index contributed by atoms with van der Waals surface area (Å²) in [5, 5.41) is 0. The summed E-state index contributed by atoms with van der Waals surface area (Å²) in [5.74, 6) is -1.63. The first-order chi connectivity index (χ1) is 17.6. The van der Waals surface area contributed by atoms with Gasteiger partial charge in [0.15, 0.2) is 11.6 Å². The van der Waals surface area contributed by atoms with Crippen LogP contribution in [0.5, 0.6) is 11.5 Å². The van der Waals surface area contributed by atoms with Gasteiger partial charge in [0.05, 0.1) is 13.2 Å². The Morgan fingerprint density at radius 1 is 0.703 bits per heavy atom. The standard InChI is InChI=1S/C30H29FO6/c1-18(2)29(32)36-27-12-11-22(15-26(27)31)20-7-9-21(10-8-20)23-13-24(16-34-5)28(25(14-23)17-35-6)37-30(33)19(3)4/h7-15H,1,3,16-17H2,2,4-6H3. The van der Waals surface area contributed by atoms with E-state index >= 15 is 0 Å². The number of benzene rings is 3. The molecule has 0 radical (unpaired) electrons. The lowest BCUT2D eigenvalue weighted by molar-refractivity contribution is -0.131. The Morgan fingerprint density at radius 3 is 1.62 bits per heavy atom. The molecule has 6 nitrogen and oxygen atoms in total. The fourth-order valence-corrected chi connectivity index (χ4v) is 3.56. The Labute approximate surface area is 215 Å². The molecule has 0 spiro atoms. The van der Waals surface area contributed by atoms with Crippen molar-refractivity contribution < 1.29 is 32.9 Å². The fourth-order valence-electron chi connectivity index (χ4n) is 3.56. The number of halogens is 1. The van der Waals surface area contributed by atoms with Gasteiger partial charge in [-0.2, -0.15) is 0 Å². The summed E-state index contributed by atoms with van der Waals surface area (Å²) in [6.45, 7) is 10.7. The van der Waals surface area contributed by atoms with Gasteiger partial charge in [0.2, 0.25) is 0 Å². The average Bonchev–Trinajstić information content (AvgIpc) is 2.87. The largest absolute Gasteiger partial charge is 0.422 e. The molecule has 0 fully saturated rings. The minimum atomic E-state index is -0.683. The van der Waals surface area contributed by atoms with Crippen molar-refractivity contribution >= 4 is 11.9 Å². The maximum Gasteiger partial charge on any atom is 0.338 e. The van der Waals surface area contributed by atoms with E-state index in [9.17, 15) is 14.0 Å². The van der Waals surface area contributed by atoms with E-state index in [0.717, 1.165) is 16.7 Å². The van der Waals surface area contributed by atoms with Crippen molar-refractivity contribution in [3.63, 3.8) is 0 Å². The highest BCUT2D eigenvalue weighted by Gasteiger charge is 2.18. The summed E-state index contributed by atoms with van der Waals surface area (Å²) in [6.07, 6.45) is 0. The van der Waals surface area contributed by atoms with Crippen LogP contribution in [0, 0.1) is 5.82 Å². The molecule has 3 aromatic carbocycles. The van der Waals surface area contributed by atoms with Crippen LogP contribution in [-0.2, 0) is 32.3 Å². The topological polar surface area (TPSA) is 71.1 Å². The van der Waals surface area contributed by atoms with E-state index in [4.69, 9.17) is 18.9 Å². The van der Waals surface area contributed by atoms with Gasteiger partial charge in [-0.1, -0.05) is 43.5 Å². The first kappa shape index (κ1) is 27.5. The van der Waals surface area contributed by atoms with Gasteiger partial charge in [0, 0.05) is 36.5 Å². The van der Waals surface area contributed by atoms with Gasteiger partial charge in [-0.15, -0.1) is 0 Å². The first-order valence-electron chi connectivity index (χ1n) is 11.4. The summed E-state index contributed by atoms with van der Waals surface area (Å²) in [4.78, 5) is 23.9. The van der Waals surface area contributed by atoms with E-state index in [-0.39, 0.29) is 30.1 Å². The van der Waals surface area contributed by atoms with Crippen LogP contribution < -0.4 is 9.47 Å². The van der Waals surface area contributed by atoms with Crippen molar-refractivity contribution in [2.75, 3.05) is 14.2 Å². The summed E-state index contributed by atoms with van der Waals surface area (Å²) in [7, 11) is 3.12. The molecule has 0 saturated heterocycles. The summed E-state index contributed by atoms with van der Waals surface area (Å²) in [6, 6.07) is 15.7. The Hall–Kier alpha value is -4.07. The fraction of sp³-hybridized carbons (Fsp3) is 0.200. The molecule has 0 amide bonds. The van der Waals surface area contributed by atoms with Crippen molar-refractivity contribution in [2.45, 2.75) is 27.1 Å². The molecule has 0 aromatic heterocycles. The molecule has 0 bridgehead atoms. The molecule has 3 rings (SSSR count). The average molecular weight is 505 g/mol. The van der Waals surface area contributed by atoms with Gasteiger partial charge in [-0.3, -0.25) is 0 Å². The summed E-state index contributed by atoms with van der Waals surface area (Å²) in [5.41, 5.74) is 5.01. The number of hydrogen-bond donors (Lipinski definition) is 0. The van der Waals surface area contributed by atoms with Crippen LogP contribution in [-0.4, -0.2) is 26.2 Å². The van der Waals surface area contributed by atoms with Crippen LogP contribution in [0.25, 0.3) is 22.3 Å². The Morgan fingerprint density at radius 2 is 1.16 bits per heavy atom. The third kappa shape index (κ3) is 6.78. The first-order valence-corrected chi connectivity index (χ1v) is 11.4. The molecule has 37 heavy (non-hydrogen) atoms. The van der Waals surface area contributed by atoms with Gasteiger partial charge in [-0.05, 0) is 60.4 Å². The van der Waals surface area contributed by atoms with E-state index in [2.05, 4.69) is 13.2 Å². The molecule has 0 aliphatic rings. The van der Waals surface area contributed by atoms with Crippen LogP contribution in [0.2, 0.25) is 0 Å². The second-order valence-electron chi connectivity index (χ2n) is 8.55. The molecule has 0 heterocycles. The molecule has 7 heteroatoms.